The Hall–Kier alpha value is -6.98. The maximum absolute atomic E-state index is 12.9. The molecule has 2 aromatic heterocycles. The van der Waals surface area contributed by atoms with Crippen LogP contribution in [0.25, 0.3) is 67.2 Å². The van der Waals surface area contributed by atoms with E-state index in [1.807, 2.05) is 170 Å². The van der Waals surface area contributed by atoms with Gasteiger partial charge < -0.3 is 13.6 Å². The molecule has 5 nitrogen and oxygen atoms in total. The van der Waals surface area contributed by atoms with Crippen LogP contribution in [0.3, 0.4) is 0 Å². The molecule has 0 amide bonds. The van der Waals surface area contributed by atoms with E-state index >= 15 is 0 Å². The van der Waals surface area contributed by atoms with Gasteiger partial charge in [0.05, 0.1) is 0 Å². The maximum atomic E-state index is 12.9. The molecule has 0 aliphatic rings. The van der Waals surface area contributed by atoms with Gasteiger partial charge in [0.15, 0.2) is 0 Å². The normalized spacial score (nSPS) is 10.9. The number of hydrogen-bond acceptors (Lipinski definition) is 5. The zero-order valence-electron chi connectivity index (χ0n) is 27.4. The van der Waals surface area contributed by atoms with Crippen molar-refractivity contribution in [3.05, 3.63) is 203 Å². The zero-order chi connectivity index (χ0) is 34.6. The lowest BCUT2D eigenvalue weighted by atomic mass is 9.92. The molecule has 0 radical (unpaired) electrons. The molecule has 0 N–H and O–H groups in total. The highest BCUT2D eigenvalue weighted by molar-refractivity contribution is 5.93. The summed E-state index contributed by atoms with van der Waals surface area (Å²) in [7, 11) is 0. The van der Waals surface area contributed by atoms with E-state index in [1.165, 1.54) is 0 Å². The van der Waals surface area contributed by atoms with Gasteiger partial charge in [-0.1, -0.05) is 121 Å². The monoisotopic (exact) mass is 662 g/mol. The highest BCUT2D eigenvalue weighted by Gasteiger charge is 2.20. The van der Waals surface area contributed by atoms with Crippen LogP contribution in [-0.4, -0.2) is 0 Å². The predicted octanol–water partition coefficient (Wildman–Crippen LogP) is 11.4. The summed E-state index contributed by atoms with van der Waals surface area (Å²) in [6.45, 7) is 0. The summed E-state index contributed by atoms with van der Waals surface area (Å²) >= 11 is 0. The molecule has 0 aliphatic heterocycles. The minimum atomic E-state index is -0.426. The first kappa shape index (κ1) is 31.3. The average molecular weight is 663 g/mol. The Kier molecular flexibility index (Phi) is 8.51. The van der Waals surface area contributed by atoms with E-state index in [0.717, 1.165) is 55.6 Å². The fourth-order valence-corrected chi connectivity index (χ4v) is 6.35. The molecule has 0 saturated carbocycles. The SMILES string of the molecule is O=c1cc(-c2ccccc2)c(-c2ccccc2)c(-c2ccc(Oc3ccc(-c4oc(=O)cc(-c5ccccc5)c4-c4ccccc4)cc3)cc2)o1. The van der Waals surface area contributed by atoms with Crippen LogP contribution in [0.4, 0.5) is 0 Å². The second kappa shape index (κ2) is 13.9. The highest BCUT2D eigenvalue weighted by Crippen LogP contribution is 2.41. The van der Waals surface area contributed by atoms with Gasteiger partial charge in [0.2, 0.25) is 0 Å². The van der Waals surface area contributed by atoms with Crippen molar-refractivity contribution in [1.82, 2.24) is 0 Å². The van der Waals surface area contributed by atoms with Crippen molar-refractivity contribution in [2.24, 2.45) is 0 Å². The van der Waals surface area contributed by atoms with Crippen LogP contribution in [0.2, 0.25) is 0 Å². The molecule has 0 unspecified atom stereocenters. The predicted molar refractivity (Wildman–Crippen MR) is 203 cm³/mol. The molecule has 244 valence electrons. The standard InChI is InChI=1S/C46H30O5/c47-41-29-39(31-13-5-1-6-14-31)43(33-17-9-3-10-18-33)45(50-41)35-21-25-37(26-22-35)49-38-27-23-36(24-28-38)46-44(34-19-11-4-12-20-34)40(30-42(48)51-46)32-15-7-2-8-16-32/h1-30H. The van der Waals surface area contributed by atoms with Gasteiger partial charge in [-0.2, -0.15) is 0 Å². The second-order valence-electron chi connectivity index (χ2n) is 12.0. The van der Waals surface area contributed by atoms with E-state index in [1.54, 1.807) is 12.1 Å². The first-order valence-corrected chi connectivity index (χ1v) is 16.6. The van der Waals surface area contributed by atoms with Crippen molar-refractivity contribution in [3.63, 3.8) is 0 Å². The molecule has 5 heteroatoms. The van der Waals surface area contributed by atoms with E-state index in [2.05, 4.69) is 0 Å². The van der Waals surface area contributed by atoms with Crippen LogP contribution in [0.1, 0.15) is 0 Å². The number of rotatable bonds is 8. The molecule has 6 aromatic carbocycles. The molecule has 0 spiro atoms. The Bertz CT molecular complexity index is 2360. The third kappa shape index (κ3) is 6.56. The van der Waals surface area contributed by atoms with Crippen LogP contribution >= 0.6 is 0 Å². The van der Waals surface area contributed by atoms with Gasteiger partial charge in [-0.25, -0.2) is 9.59 Å². The van der Waals surface area contributed by atoms with Crippen LogP contribution in [0.15, 0.2) is 200 Å². The molecule has 51 heavy (non-hydrogen) atoms. The van der Waals surface area contributed by atoms with Gasteiger partial charge in [-0.15, -0.1) is 0 Å². The van der Waals surface area contributed by atoms with Crippen molar-refractivity contribution < 1.29 is 13.6 Å². The zero-order valence-corrected chi connectivity index (χ0v) is 27.4. The minimum absolute atomic E-state index is 0.426. The smallest absolute Gasteiger partial charge is 0.336 e. The fourth-order valence-electron chi connectivity index (χ4n) is 6.35. The van der Waals surface area contributed by atoms with E-state index in [-0.39, 0.29) is 0 Å². The van der Waals surface area contributed by atoms with Crippen molar-refractivity contribution in [2.45, 2.75) is 0 Å². The Labute approximate surface area is 294 Å². The molecule has 0 bridgehead atoms. The number of ether oxygens (including phenoxy) is 1. The first-order chi connectivity index (χ1) is 25.1. The lowest BCUT2D eigenvalue weighted by Crippen LogP contribution is -2.02. The topological polar surface area (TPSA) is 69.7 Å². The summed E-state index contributed by atoms with van der Waals surface area (Å²) in [5.41, 5.74) is 7.64. The summed E-state index contributed by atoms with van der Waals surface area (Å²) < 4.78 is 18.0. The summed E-state index contributed by atoms with van der Waals surface area (Å²) in [5, 5.41) is 0. The van der Waals surface area contributed by atoms with Crippen molar-refractivity contribution in [3.8, 4) is 78.7 Å². The van der Waals surface area contributed by atoms with Gasteiger partial charge in [-0.05, 0) is 70.8 Å². The van der Waals surface area contributed by atoms with Crippen molar-refractivity contribution in [2.75, 3.05) is 0 Å². The highest BCUT2D eigenvalue weighted by atomic mass is 16.5. The molecule has 0 aliphatic carbocycles. The lowest BCUT2D eigenvalue weighted by molar-refractivity contribution is 0.482. The Morgan fingerprint density at radius 3 is 0.980 bits per heavy atom. The van der Waals surface area contributed by atoms with Gasteiger partial charge >= 0.3 is 11.3 Å². The van der Waals surface area contributed by atoms with E-state index in [9.17, 15) is 9.59 Å². The van der Waals surface area contributed by atoms with Crippen LogP contribution < -0.4 is 16.0 Å². The molecule has 8 aromatic rings. The van der Waals surface area contributed by atoms with E-state index < -0.39 is 11.3 Å². The lowest BCUT2D eigenvalue weighted by Gasteiger charge is -2.15. The number of benzene rings is 6. The van der Waals surface area contributed by atoms with Crippen molar-refractivity contribution in [1.29, 1.82) is 0 Å². The maximum Gasteiger partial charge on any atom is 0.336 e. The van der Waals surface area contributed by atoms with Crippen molar-refractivity contribution >= 4 is 0 Å². The summed E-state index contributed by atoms with van der Waals surface area (Å²) in [5.74, 6) is 2.18. The average Bonchev–Trinajstić information content (AvgIpc) is 3.19. The molecule has 0 atom stereocenters. The molecular weight excluding hydrogens is 633 g/mol. The van der Waals surface area contributed by atoms with Crippen LogP contribution in [-0.2, 0) is 0 Å². The van der Waals surface area contributed by atoms with Gasteiger partial charge in [-0.3, -0.25) is 0 Å². The van der Waals surface area contributed by atoms with Gasteiger partial charge in [0.1, 0.15) is 23.0 Å². The largest absolute Gasteiger partial charge is 0.457 e. The van der Waals surface area contributed by atoms with E-state index in [4.69, 9.17) is 13.6 Å². The molecule has 2 heterocycles. The minimum Gasteiger partial charge on any atom is -0.457 e. The second-order valence-corrected chi connectivity index (χ2v) is 12.0. The molecule has 0 fully saturated rings. The Balaban J connectivity index is 1.12. The van der Waals surface area contributed by atoms with E-state index in [0.29, 0.717) is 23.0 Å². The fraction of sp³-hybridized carbons (Fsp3) is 0. The third-order valence-corrected chi connectivity index (χ3v) is 8.69. The van der Waals surface area contributed by atoms with Crippen LogP contribution in [0.5, 0.6) is 11.5 Å². The molecule has 0 saturated heterocycles. The quantitative estimate of drug-likeness (QED) is 0.162. The van der Waals surface area contributed by atoms with Crippen LogP contribution in [0, 0.1) is 0 Å². The summed E-state index contributed by atoms with van der Waals surface area (Å²) in [6.07, 6.45) is 0. The summed E-state index contributed by atoms with van der Waals surface area (Å²) in [4.78, 5) is 25.8. The van der Waals surface area contributed by atoms with Gasteiger partial charge in [0.25, 0.3) is 0 Å². The third-order valence-electron chi connectivity index (χ3n) is 8.69. The number of hydrogen-bond donors (Lipinski definition) is 0. The molecular formula is C46H30O5. The Morgan fingerprint density at radius 2 is 0.647 bits per heavy atom. The Morgan fingerprint density at radius 1 is 0.333 bits per heavy atom. The molecule has 8 rings (SSSR count). The summed E-state index contributed by atoms with van der Waals surface area (Å²) in [6, 6.07) is 57.6. The van der Waals surface area contributed by atoms with Gasteiger partial charge in [0, 0.05) is 45.5 Å². The first-order valence-electron chi connectivity index (χ1n) is 16.6.